The summed E-state index contributed by atoms with van der Waals surface area (Å²) in [6.45, 7) is 5.33. The smallest absolute Gasteiger partial charge is 0.269 e. The van der Waals surface area contributed by atoms with Gasteiger partial charge in [-0.15, -0.1) is 0 Å². The number of hydrogen-bond donors (Lipinski definition) is 1. The van der Waals surface area contributed by atoms with E-state index in [1.165, 1.54) is 12.1 Å². The number of nitro benzene ring substituents is 1. The third-order valence-electron chi connectivity index (χ3n) is 2.79. The summed E-state index contributed by atoms with van der Waals surface area (Å²) in [5.41, 5.74) is 1.05. The molecule has 1 N–H and O–H groups in total. The van der Waals surface area contributed by atoms with Crippen LogP contribution in [0, 0.1) is 16.0 Å². The third kappa shape index (κ3) is 5.70. The molecule has 0 radical (unpaired) electrons. The van der Waals surface area contributed by atoms with Crippen molar-refractivity contribution in [3.63, 3.8) is 0 Å². The summed E-state index contributed by atoms with van der Waals surface area (Å²) in [6.07, 6.45) is 1.06. The van der Waals surface area contributed by atoms with Gasteiger partial charge in [-0.05, 0) is 38.6 Å². The zero-order valence-corrected chi connectivity index (χ0v) is 12.1. The van der Waals surface area contributed by atoms with Crippen molar-refractivity contribution in [2.24, 2.45) is 5.92 Å². The van der Waals surface area contributed by atoms with Crippen molar-refractivity contribution in [1.82, 2.24) is 4.90 Å². The average Bonchev–Trinajstić information content (AvgIpc) is 2.27. The second-order valence-corrected chi connectivity index (χ2v) is 5.54. The highest BCUT2D eigenvalue weighted by molar-refractivity contribution is 5.49. The Morgan fingerprint density at radius 2 is 1.84 bits per heavy atom. The van der Waals surface area contributed by atoms with E-state index in [9.17, 15) is 10.1 Å². The summed E-state index contributed by atoms with van der Waals surface area (Å²) in [5.74, 6) is 0.607. The van der Waals surface area contributed by atoms with E-state index in [1.807, 2.05) is 14.1 Å². The number of benzene rings is 1. The molecule has 0 aromatic heterocycles. The van der Waals surface area contributed by atoms with Crippen molar-refractivity contribution in [1.29, 1.82) is 0 Å². The average molecular weight is 265 g/mol. The highest BCUT2D eigenvalue weighted by Crippen LogP contribution is 2.18. The fourth-order valence-corrected chi connectivity index (χ4v) is 2.10. The molecule has 1 unspecified atom stereocenters. The van der Waals surface area contributed by atoms with E-state index >= 15 is 0 Å². The van der Waals surface area contributed by atoms with Gasteiger partial charge < -0.3 is 10.2 Å². The molecule has 0 bridgehead atoms. The van der Waals surface area contributed by atoms with Crippen molar-refractivity contribution >= 4 is 11.4 Å². The van der Waals surface area contributed by atoms with Gasteiger partial charge in [0.05, 0.1) is 4.92 Å². The minimum absolute atomic E-state index is 0.124. The first-order valence-corrected chi connectivity index (χ1v) is 6.54. The minimum atomic E-state index is -0.380. The lowest BCUT2D eigenvalue weighted by Crippen LogP contribution is -2.33. The molecule has 1 aromatic carbocycles. The number of non-ortho nitro benzene ring substituents is 1. The van der Waals surface area contributed by atoms with Gasteiger partial charge in [0.15, 0.2) is 0 Å². The Hall–Kier alpha value is -1.62. The lowest BCUT2D eigenvalue weighted by molar-refractivity contribution is -0.384. The number of nitrogens with one attached hydrogen (secondary N) is 1. The predicted octanol–water partition coefficient (Wildman–Crippen LogP) is 2.98. The van der Waals surface area contributed by atoms with Crippen LogP contribution in [0.5, 0.6) is 0 Å². The van der Waals surface area contributed by atoms with Crippen LogP contribution in [0.2, 0.25) is 0 Å². The monoisotopic (exact) mass is 265 g/mol. The molecule has 0 saturated heterocycles. The Bertz CT molecular complexity index is 392. The van der Waals surface area contributed by atoms with Gasteiger partial charge in [-0.3, -0.25) is 10.1 Å². The number of anilines is 1. The molecule has 0 heterocycles. The summed E-state index contributed by atoms with van der Waals surface area (Å²) < 4.78 is 0. The van der Waals surface area contributed by atoms with Gasteiger partial charge in [-0.25, -0.2) is 0 Å². The Balaban J connectivity index is 2.69. The maximum Gasteiger partial charge on any atom is 0.269 e. The first-order chi connectivity index (χ1) is 8.88. The molecule has 0 aliphatic heterocycles. The van der Waals surface area contributed by atoms with Gasteiger partial charge in [0.2, 0.25) is 0 Å². The fourth-order valence-electron chi connectivity index (χ4n) is 2.10. The Morgan fingerprint density at radius 1 is 1.26 bits per heavy atom. The van der Waals surface area contributed by atoms with Crippen LogP contribution in [0.15, 0.2) is 24.3 Å². The van der Waals surface area contributed by atoms with Crippen molar-refractivity contribution in [2.75, 3.05) is 26.0 Å². The molecular formula is C14H23N3O2. The maximum absolute atomic E-state index is 10.6. The van der Waals surface area contributed by atoms with Crippen LogP contribution in [-0.4, -0.2) is 36.5 Å². The SMILES string of the molecule is CC(C)CC(CN(C)C)Nc1ccc([N+](=O)[O-])cc1. The van der Waals surface area contributed by atoms with Crippen LogP contribution in [0.1, 0.15) is 20.3 Å². The number of nitrogens with zero attached hydrogens (tertiary/aromatic N) is 2. The first kappa shape index (κ1) is 15.4. The molecule has 106 valence electrons. The maximum atomic E-state index is 10.6. The van der Waals surface area contributed by atoms with Crippen molar-refractivity contribution < 1.29 is 4.92 Å². The summed E-state index contributed by atoms with van der Waals surface area (Å²) in [5, 5.41) is 14.0. The lowest BCUT2D eigenvalue weighted by atomic mass is 10.0. The molecule has 0 aliphatic rings. The van der Waals surface area contributed by atoms with E-state index in [2.05, 4.69) is 24.1 Å². The fraction of sp³-hybridized carbons (Fsp3) is 0.571. The van der Waals surface area contributed by atoms with Crippen LogP contribution in [0.3, 0.4) is 0 Å². The van der Waals surface area contributed by atoms with Crippen LogP contribution in [0.4, 0.5) is 11.4 Å². The summed E-state index contributed by atoms with van der Waals surface area (Å²) in [7, 11) is 4.09. The normalized spacial score (nSPS) is 12.7. The van der Waals surface area contributed by atoms with E-state index in [1.54, 1.807) is 12.1 Å². The standard InChI is InChI=1S/C14H23N3O2/c1-11(2)9-13(10-16(3)4)15-12-5-7-14(8-6-12)17(18)19/h5-8,11,13,15H,9-10H2,1-4H3. The van der Waals surface area contributed by atoms with Crippen LogP contribution in [-0.2, 0) is 0 Å². The van der Waals surface area contributed by atoms with Crippen LogP contribution in [0.25, 0.3) is 0 Å². The molecule has 0 aliphatic carbocycles. The Kier molecular flexibility index (Phi) is 5.76. The van der Waals surface area contributed by atoms with E-state index in [-0.39, 0.29) is 10.6 Å². The number of rotatable bonds is 7. The van der Waals surface area contributed by atoms with Gasteiger partial charge in [0, 0.05) is 30.4 Å². The molecule has 5 heteroatoms. The second kappa shape index (κ2) is 7.09. The first-order valence-electron chi connectivity index (χ1n) is 6.54. The van der Waals surface area contributed by atoms with Crippen molar-refractivity contribution in [3.05, 3.63) is 34.4 Å². The minimum Gasteiger partial charge on any atom is -0.381 e. The summed E-state index contributed by atoms with van der Waals surface area (Å²) in [6, 6.07) is 6.94. The molecule has 0 saturated carbocycles. The quantitative estimate of drug-likeness (QED) is 0.608. The summed E-state index contributed by atoms with van der Waals surface area (Å²) >= 11 is 0. The molecule has 19 heavy (non-hydrogen) atoms. The molecule has 0 amide bonds. The number of likely N-dealkylation sites (N-methyl/N-ethyl adjacent to an activating group) is 1. The van der Waals surface area contributed by atoms with E-state index in [4.69, 9.17) is 0 Å². The van der Waals surface area contributed by atoms with Crippen LogP contribution >= 0.6 is 0 Å². The number of nitro groups is 1. The zero-order chi connectivity index (χ0) is 14.4. The Morgan fingerprint density at radius 3 is 2.26 bits per heavy atom. The molecule has 0 fully saturated rings. The van der Waals surface area contributed by atoms with Gasteiger partial charge >= 0.3 is 0 Å². The summed E-state index contributed by atoms with van der Waals surface area (Å²) in [4.78, 5) is 12.4. The van der Waals surface area contributed by atoms with E-state index in [0.717, 1.165) is 18.7 Å². The van der Waals surface area contributed by atoms with Gasteiger partial charge in [-0.1, -0.05) is 13.8 Å². The number of hydrogen-bond acceptors (Lipinski definition) is 4. The molecular weight excluding hydrogens is 242 g/mol. The zero-order valence-electron chi connectivity index (χ0n) is 12.1. The van der Waals surface area contributed by atoms with Gasteiger partial charge in [0.25, 0.3) is 5.69 Å². The highest BCUT2D eigenvalue weighted by Gasteiger charge is 2.12. The van der Waals surface area contributed by atoms with E-state index in [0.29, 0.717) is 12.0 Å². The van der Waals surface area contributed by atoms with Crippen molar-refractivity contribution in [2.45, 2.75) is 26.3 Å². The van der Waals surface area contributed by atoms with Gasteiger partial charge in [0.1, 0.15) is 0 Å². The lowest BCUT2D eigenvalue weighted by Gasteiger charge is -2.24. The molecule has 1 rings (SSSR count). The molecule has 5 nitrogen and oxygen atoms in total. The molecule has 0 spiro atoms. The third-order valence-corrected chi connectivity index (χ3v) is 2.79. The highest BCUT2D eigenvalue weighted by atomic mass is 16.6. The van der Waals surface area contributed by atoms with Crippen molar-refractivity contribution in [3.8, 4) is 0 Å². The largest absolute Gasteiger partial charge is 0.381 e. The molecule has 1 aromatic rings. The topological polar surface area (TPSA) is 58.4 Å². The van der Waals surface area contributed by atoms with Crippen LogP contribution < -0.4 is 5.32 Å². The second-order valence-electron chi connectivity index (χ2n) is 5.54. The van der Waals surface area contributed by atoms with Gasteiger partial charge in [-0.2, -0.15) is 0 Å². The van der Waals surface area contributed by atoms with E-state index < -0.39 is 0 Å². The predicted molar refractivity (Wildman–Crippen MR) is 78.5 cm³/mol. The Labute approximate surface area is 114 Å². The molecule has 1 atom stereocenters.